The summed E-state index contributed by atoms with van der Waals surface area (Å²) in [6.45, 7) is 3.76. The smallest absolute Gasteiger partial charge is 0.254 e. The summed E-state index contributed by atoms with van der Waals surface area (Å²) in [6.07, 6.45) is 0.0700. The maximum Gasteiger partial charge on any atom is 0.254 e. The van der Waals surface area contributed by atoms with Crippen molar-refractivity contribution in [3.8, 4) is 0 Å². The summed E-state index contributed by atoms with van der Waals surface area (Å²) in [4.78, 5) is 26.7. The van der Waals surface area contributed by atoms with E-state index in [4.69, 9.17) is 4.74 Å². The molecule has 1 fully saturated rings. The minimum atomic E-state index is -0.0212. The Bertz CT molecular complexity index is 561. The van der Waals surface area contributed by atoms with Crippen LogP contribution >= 0.6 is 11.8 Å². The van der Waals surface area contributed by atoms with Crippen LogP contribution in [0.5, 0.6) is 0 Å². The summed E-state index contributed by atoms with van der Waals surface area (Å²) in [5.74, 6) is 0.404. The van der Waals surface area contributed by atoms with Crippen LogP contribution in [-0.2, 0) is 9.53 Å². The average molecular weight is 292 g/mol. The number of carbonyl (C=O) groups is 2. The number of benzene rings is 1. The third-order valence-electron chi connectivity index (χ3n) is 3.39. The molecule has 0 aliphatic carbocycles. The van der Waals surface area contributed by atoms with Gasteiger partial charge in [-0.25, -0.2) is 0 Å². The zero-order valence-electron chi connectivity index (χ0n) is 11.2. The van der Waals surface area contributed by atoms with Crippen molar-refractivity contribution in [3.63, 3.8) is 0 Å². The van der Waals surface area contributed by atoms with Gasteiger partial charge in [0.05, 0.1) is 24.2 Å². The average Bonchev–Trinajstić information content (AvgIpc) is 2.45. The Labute approximate surface area is 121 Å². The van der Waals surface area contributed by atoms with E-state index in [0.717, 1.165) is 10.6 Å². The number of ether oxygens (including phenoxy) is 1. The molecule has 0 radical (unpaired) electrons. The molecule has 2 heterocycles. The van der Waals surface area contributed by atoms with Crippen molar-refractivity contribution in [1.29, 1.82) is 0 Å². The molecule has 1 N–H and O–H groups in total. The van der Waals surface area contributed by atoms with Gasteiger partial charge in [0.2, 0.25) is 5.91 Å². The Morgan fingerprint density at radius 2 is 2.35 bits per heavy atom. The van der Waals surface area contributed by atoms with Crippen LogP contribution in [0.3, 0.4) is 0 Å². The third kappa shape index (κ3) is 2.66. The van der Waals surface area contributed by atoms with Gasteiger partial charge in [-0.2, -0.15) is 0 Å². The first kappa shape index (κ1) is 13.5. The molecule has 2 amide bonds. The molecule has 2 aliphatic rings. The first-order valence-corrected chi connectivity index (χ1v) is 7.59. The van der Waals surface area contributed by atoms with Crippen LogP contribution in [0.4, 0.5) is 5.69 Å². The van der Waals surface area contributed by atoms with Gasteiger partial charge in [0, 0.05) is 23.5 Å². The fraction of sp³-hybridized carbons (Fsp3) is 0.429. The van der Waals surface area contributed by atoms with E-state index in [2.05, 4.69) is 5.32 Å². The highest BCUT2D eigenvalue weighted by Crippen LogP contribution is 2.32. The van der Waals surface area contributed by atoms with Crippen molar-refractivity contribution in [3.05, 3.63) is 23.8 Å². The SMILES string of the molecule is CC1CN(C(=O)c2ccc3c(c2)NC(=O)CS3)CCO1. The minimum absolute atomic E-state index is 0.00669. The number of amides is 2. The first-order valence-electron chi connectivity index (χ1n) is 6.61. The molecule has 2 aliphatic heterocycles. The van der Waals surface area contributed by atoms with Crippen LogP contribution in [0.25, 0.3) is 0 Å². The highest BCUT2D eigenvalue weighted by molar-refractivity contribution is 8.00. The Hall–Kier alpha value is -1.53. The van der Waals surface area contributed by atoms with E-state index in [1.54, 1.807) is 11.0 Å². The van der Waals surface area contributed by atoms with E-state index in [9.17, 15) is 9.59 Å². The highest BCUT2D eigenvalue weighted by atomic mass is 32.2. The number of hydrogen-bond acceptors (Lipinski definition) is 4. The number of thioether (sulfide) groups is 1. The number of carbonyl (C=O) groups excluding carboxylic acids is 2. The van der Waals surface area contributed by atoms with Gasteiger partial charge < -0.3 is 15.0 Å². The van der Waals surface area contributed by atoms with Crippen molar-refractivity contribution in [2.75, 3.05) is 30.8 Å². The summed E-state index contributed by atoms with van der Waals surface area (Å²) in [5.41, 5.74) is 1.35. The molecule has 0 bridgehead atoms. The molecule has 1 saturated heterocycles. The Kier molecular flexibility index (Phi) is 3.67. The summed E-state index contributed by atoms with van der Waals surface area (Å²) in [5, 5.41) is 2.81. The molecule has 106 valence electrons. The number of hydrogen-bond donors (Lipinski definition) is 1. The van der Waals surface area contributed by atoms with Crippen LogP contribution in [0.15, 0.2) is 23.1 Å². The molecule has 1 aromatic carbocycles. The normalized spacial score (nSPS) is 22.1. The Morgan fingerprint density at radius 3 is 3.15 bits per heavy atom. The van der Waals surface area contributed by atoms with E-state index in [-0.39, 0.29) is 17.9 Å². The summed E-state index contributed by atoms with van der Waals surface area (Å²) >= 11 is 1.50. The van der Waals surface area contributed by atoms with Crippen LogP contribution < -0.4 is 5.32 Å². The molecule has 1 unspecified atom stereocenters. The van der Waals surface area contributed by atoms with E-state index >= 15 is 0 Å². The Balaban J connectivity index is 1.81. The monoisotopic (exact) mass is 292 g/mol. The van der Waals surface area contributed by atoms with Crippen molar-refractivity contribution in [1.82, 2.24) is 4.90 Å². The van der Waals surface area contributed by atoms with Gasteiger partial charge >= 0.3 is 0 Å². The van der Waals surface area contributed by atoms with Gasteiger partial charge in [0.25, 0.3) is 5.91 Å². The molecular weight excluding hydrogens is 276 g/mol. The number of fused-ring (bicyclic) bond motifs is 1. The second kappa shape index (κ2) is 5.46. The number of rotatable bonds is 1. The van der Waals surface area contributed by atoms with Gasteiger partial charge in [0.15, 0.2) is 0 Å². The Morgan fingerprint density at radius 1 is 1.50 bits per heavy atom. The second-order valence-electron chi connectivity index (χ2n) is 4.98. The topological polar surface area (TPSA) is 58.6 Å². The lowest BCUT2D eigenvalue weighted by Crippen LogP contribution is -2.44. The molecule has 1 atom stereocenters. The van der Waals surface area contributed by atoms with Gasteiger partial charge in [-0.05, 0) is 25.1 Å². The molecule has 3 rings (SSSR count). The van der Waals surface area contributed by atoms with Crippen LogP contribution in [0.1, 0.15) is 17.3 Å². The molecular formula is C14H16N2O3S. The van der Waals surface area contributed by atoms with Crippen LogP contribution in [-0.4, -0.2) is 48.3 Å². The quantitative estimate of drug-likeness (QED) is 0.854. The maximum atomic E-state index is 12.5. The van der Waals surface area contributed by atoms with Crippen molar-refractivity contribution in [2.45, 2.75) is 17.9 Å². The maximum absolute atomic E-state index is 12.5. The fourth-order valence-electron chi connectivity index (χ4n) is 2.40. The summed E-state index contributed by atoms with van der Waals surface area (Å²) in [7, 11) is 0. The van der Waals surface area contributed by atoms with E-state index in [1.807, 2.05) is 19.1 Å². The number of morpholine rings is 1. The first-order chi connectivity index (χ1) is 9.63. The molecule has 6 heteroatoms. The molecule has 0 saturated carbocycles. The standard InChI is InChI=1S/C14H16N2O3S/c1-9-7-16(4-5-19-9)14(18)10-2-3-12-11(6-10)15-13(17)8-20-12/h2-3,6,9H,4-5,7-8H2,1H3,(H,15,17). The van der Waals surface area contributed by atoms with Crippen molar-refractivity contribution < 1.29 is 14.3 Å². The molecule has 5 nitrogen and oxygen atoms in total. The summed E-state index contributed by atoms with van der Waals surface area (Å²) in [6, 6.07) is 5.49. The highest BCUT2D eigenvalue weighted by Gasteiger charge is 2.24. The van der Waals surface area contributed by atoms with Gasteiger partial charge in [-0.15, -0.1) is 11.8 Å². The zero-order chi connectivity index (χ0) is 14.1. The predicted molar refractivity (Wildman–Crippen MR) is 77.1 cm³/mol. The number of anilines is 1. The zero-order valence-corrected chi connectivity index (χ0v) is 12.0. The minimum Gasteiger partial charge on any atom is -0.375 e. The van der Waals surface area contributed by atoms with E-state index < -0.39 is 0 Å². The van der Waals surface area contributed by atoms with Crippen LogP contribution in [0, 0.1) is 0 Å². The van der Waals surface area contributed by atoms with E-state index in [1.165, 1.54) is 11.8 Å². The number of nitrogens with zero attached hydrogens (tertiary/aromatic N) is 1. The molecule has 0 spiro atoms. The lowest BCUT2D eigenvalue weighted by molar-refractivity contribution is -0.113. The van der Waals surface area contributed by atoms with Gasteiger partial charge in [-0.1, -0.05) is 0 Å². The largest absolute Gasteiger partial charge is 0.375 e. The van der Waals surface area contributed by atoms with Crippen LogP contribution in [0.2, 0.25) is 0 Å². The molecule has 20 heavy (non-hydrogen) atoms. The third-order valence-corrected chi connectivity index (χ3v) is 4.46. The summed E-state index contributed by atoms with van der Waals surface area (Å²) < 4.78 is 5.44. The lowest BCUT2D eigenvalue weighted by Gasteiger charge is -2.31. The van der Waals surface area contributed by atoms with E-state index in [0.29, 0.717) is 31.0 Å². The molecule has 0 aromatic heterocycles. The second-order valence-corrected chi connectivity index (χ2v) is 6.00. The van der Waals surface area contributed by atoms with Gasteiger partial charge in [0.1, 0.15) is 0 Å². The predicted octanol–water partition coefficient (Wildman–Crippen LogP) is 1.59. The van der Waals surface area contributed by atoms with Gasteiger partial charge in [-0.3, -0.25) is 9.59 Å². The lowest BCUT2D eigenvalue weighted by atomic mass is 10.1. The molecule has 1 aromatic rings. The van der Waals surface area contributed by atoms with Crippen molar-refractivity contribution >= 4 is 29.3 Å². The van der Waals surface area contributed by atoms with Crippen molar-refractivity contribution in [2.24, 2.45) is 0 Å². The fourth-order valence-corrected chi connectivity index (χ4v) is 3.19. The number of nitrogens with one attached hydrogen (secondary N) is 1.